The lowest BCUT2D eigenvalue weighted by Crippen LogP contribution is -2.01. The zero-order valence-corrected chi connectivity index (χ0v) is 8.65. The zero-order valence-electron chi connectivity index (χ0n) is 8.65. The Morgan fingerprint density at radius 3 is 2.93 bits per heavy atom. The highest BCUT2D eigenvalue weighted by Crippen LogP contribution is 2.17. The van der Waals surface area contributed by atoms with Crippen LogP contribution in [0.1, 0.15) is 15.9 Å². The van der Waals surface area contributed by atoms with Crippen molar-refractivity contribution in [3.05, 3.63) is 41.6 Å². The first-order valence-corrected chi connectivity index (χ1v) is 4.66. The van der Waals surface area contributed by atoms with E-state index in [-0.39, 0.29) is 5.97 Å². The minimum Gasteiger partial charge on any atom is -0.465 e. The number of methoxy groups -OCH3 is 1. The number of esters is 1. The van der Waals surface area contributed by atoms with Crippen LogP contribution in [0.2, 0.25) is 0 Å². The molecule has 0 saturated carbocycles. The van der Waals surface area contributed by atoms with E-state index in [1.165, 1.54) is 7.11 Å². The largest absolute Gasteiger partial charge is 0.465 e. The van der Waals surface area contributed by atoms with Gasteiger partial charge < -0.3 is 4.74 Å². The number of ether oxygens (including phenoxy) is 1. The van der Waals surface area contributed by atoms with Gasteiger partial charge in [-0.25, -0.2) is 4.79 Å². The summed E-state index contributed by atoms with van der Waals surface area (Å²) >= 11 is 0. The predicted octanol–water partition coefficient (Wildman–Crippen LogP) is 2.33. The number of rotatable bonds is 1. The number of aryl methyl sites for hydroxylation is 1. The van der Waals surface area contributed by atoms with E-state index in [1.54, 1.807) is 12.3 Å². The Labute approximate surface area is 87.7 Å². The quantitative estimate of drug-likeness (QED) is 0.665. The van der Waals surface area contributed by atoms with Crippen molar-refractivity contribution in [2.45, 2.75) is 6.92 Å². The lowest BCUT2D eigenvalue weighted by atomic mass is 10.1. The first kappa shape index (κ1) is 9.65. The highest BCUT2D eigenvalue weighted by atomic mass is 16.5. The third-order valence-electron chi connectivity index (χ3n) is 2.33. The Morgan fingerprint density at radius 1 is 1.40 bits per heavy atom. The summed E-state index contributed by atoms with van der Waals surface area (Å²) in [5.41, 5.74) is 2.50. The summed E-state index contributed by atoms with van der Waals surface area (Å²) in [6.45, 7) is 1.99. The molecular formula is C12H11NO2. The molecule has 1 aromatic carbocycles. The van der Waals surface area contributed by atoms with Crippen LogP contribution in [0.5, 0.6) is 0 Å². The van der Waals surface area contributed by atoms with Gasteiger partial charge in [-0.2, -0.15) is 0 Å². The van der Waals surface area contributed by atoms with Crippen LogP contribution < -0.4 is 0 Å². The Balaban J connectivity index is 2.62. The molecule has 15 heavy (non-hydrogen) atoms. The molecule has 0 atom stereocenters. The van der Waals surface area contributed by atoms with Crippen molar-refractivity contribution in [1.82, 2.24) is 4.98 Å². The highest BCUT2D eigenvalue weighted by Gasteiger charge is 2.07. The molecular weight excluding hydrogens is 190 g/mol. The second kappa shape index (κ2) is 3.69. The van der Waals surface area contributed by atoms with E-state index < -0.39 is 0 Å². The summed E-state index contributed by atoms with van der Waals surface area (Å²) in [4.78, 5) is 15.5. The molecule has 0 aliphatic rings. The van der Waals surface area contributed by atoms with Crippen molar-refractivity contribution in [3.63, 3.8) is 0 Å². The maximum absolute atomic E-state index is 11.3. The standard InChI is InChI=1S/C12H11NO2/c1-8-4-3-5-9-6-10(12(14)15-2)7-13-11(8)9/h3-7H,1-2H3. The van der Waals surface area contributed by atoms with Gasteiger partial charge in [0, 0.05) is 11.6 Å². The first-order valence-electron chi connectivity index (χ1n) is 4.66. The average molecular weight is 201 g/mol. The minimum atomic E-state index is -0.356. The van der Waals surface area contributed by atoms with Gasteiger partial charge >= 0.3 is 5.97 Å². The second-order valence-corrected chi connectivity index (χ2v) is 3.36. The van der Waals surface area contributed by atoms with Crippen LogP contribution >= 0.6 is 0 Å². The summed E-state index contributed by atoms with van der Waals surface area (Å²) in [5.74, 6) is -0.356. The molecule has 0 amide bonds. The number of hydrogen-bond acceptors (Lipinski definition) is 3. The SMILES string of the molecule is COC(=O)c1cnc2c(C)cccc2c1. The summed E-state index contributed by atoms with van der Waals surface area (Å²) in [6.07, 6.45) is 1.54. The number of benzene rings is 1. The molecule has 2 aromatic rings. The highest BCUT2D eigenvalue weighted by molar-refractivity contribution is 5.94. The van der Waals surface area contributed by atoms with Gasteiger partial charge in [-0.15, -0.1) is 0 Å². The van der Waals surface area contributed by atoms with Gasteiger partial charge in [0.2, 0.25) is 0 Å². The molecule has 0 aliphatic carbocycles. The van der Waals surface area contributed by atoms with Crippen LogP contribution in [-0.4, -0.2) is 18.1 Å². The molecule has 0 spiro atoms. The van der Waals surface area contributed by atoms with Crippen molar-refractivity contribution in [1.29, 1.82) is 0 Å². The van der Waals surface area contributed by atoms with Crippen LogP contribution in [0.25, 0.3) is 10.9 Å². The molecule has 0 radical (unpaired) electrons. The van der Waals surface area contributed by atoms with E-state index >= 15 is 0 Å². The van der Waals surface area contributed by atoms with E-state index in [1.807, 2.05) is 25.1 Å². The van der Waals surface area contributed by atoms with E-state index in [4.69, 9.17) is 0 Å². The van der Waals surface area contributed by atoms with E-state index in [9.17, 15) is 4.79 Å². The number of pyridine rings is 1. The fourth-order valence-electron chi connectivity index (χ4n) is 1.54. The van der Waals surface area contributed by atoms with Crippen LogP contribution in [0.4, 0.5) is 0 Å². The van der Waals surface area contributed by atoms with E-state index in [0.29, 0.717) is 5.56 Å². The molecule has 0 unspecified atom stereocenters. The summed E-state index contributed by atoms with van der Waals surface area (Å²) in [5, 5.41) is 0.956. The molecule has 0 fully saturated rings. The number of hydrogen-bond donors (Lipinski definition) is 0. The van der Waals surface area contributed by atoms with Crippen LogP contribution in [0.3, 0.4) is 0 Å². The third-order valence-corrected chi connectivity index (χ3v) is 2.33. The Bertz CT molecular complexity index is 520. The topological polar surface area (TPSA) is 39.2 Å². The number of aromatic nitrogens is 1. The lowest BCUT2D eigenvalue weighted by molar-refractivity contribution is 0.0600. The lowest BCUT2D eigenvalue weighted by Gasteiger charge is -2.03. The van der Waals surface area contributed by atoms with E-state index in [2.05, 4.69) is 9.72 Å². The fourth-order valence-corrected chi connectivity index (χ4v) is 1.54. The van der Waals surface area contributed by atoms with Crippen molar-refractivity contribution >= 4 is 16.9 Å². The Morgan fingerprint density at radius 2 is 2.20 bits per heavy atom. The number of fused-ring (bicyclic) bond motifs is 1. The van der Waals surface area contributed by atoms with Crippen molar-refractivity contribution in [2.24, 2.45) is 0 Å². The number of carbonyl (C=O) groups excluding carboxylic acids is 1. The summed E-state index contributed by atoms with van der Waals surface area (Å²) in [7, 11) is 1.36. The van der Waals surface area contributed by atoms with Gasteiger partial charge in [-0.05, 0) is 18.6 Å². The van der Waals surface area contributed by atoms with Crippen LogP contribution in [0.15, 0.2) is 30.5 Å². The number of para-hydroxylation sites is 1. The molecule has 76 valence electrons. The van der Waals surface area contributed by atoms with Gasteiger partial charge in [-0.3, -0.25) is 4.98 Å². The Kier molecular flexibility index (Phi) is 2.37. The van der Waals surface area contributed by atoms with E-state index in [0.717, 1.165) is 16.5 Å². The molecule has 1 heterocycles. The third kappa shape index (κ3) is 1.68. The van der Waals surface area contributed by atoms with Crippen LogP contribution in [0, 0.1) is 6.92 Å². The molecule has 0 aliphatic heterocycles. The predicted molar refractivity (Wildman–Crippen MR) is 57.8 cm³/mol. The zero-order chi connectivity index (χ0) is 10.8. The molecule has 0 N–H and O–H groups in total. The normalized spacial score (nSPS) is 10.3. The van der Waals surface area contributed by atoms with Gasteiger partial charge in [0.15, 0.2) is 0 Å². The van der Waals surface area contributed by atoms with Gasteiger partial charge in [-0.1, -0.05) is 18.2 Å². The van der Waals surface area contributed by atoms with Crippen molar-refractivity contribution < 1.29 is 9.53 Å². The summed E-state index contributed by atoms with van der Waals surface area (Å²) in [6, 6.07) is 7.66. The molecule has 0 saturated heterocycles. The molecule has 3 nitrogen and oxygen atoms in total. The smallest absolute Gasteiger partial charge is 0.339 e. The minimum absolute atomic E-state index is 0.356. The summed E-state index contributed by atoms with van der Waals surface area (Å²) < 4.78 is 4.64. The van der Waals surface area contributed by atoms with Crippen molar-refractivity contribution in [2.75, 3.05) is 7.11 Å². The van der Waals surface area contributed by atoms with Gasteiger partial charge in [0.25, 0.3) is 0 Å². The average Bonchev–Trinajstić information content (AvgIpc) is 2.28. The van der Waals surface area contributed by atoms with Gasteiger partial charge in [0.05, 0.1) is 18.2 Å². The fraction of sp³-hybridized carbons (Fsp3) is 0.167. The molecule has 3 heteroatoms. The Hall–Kier alpha value is -1.90. The molecule has 0 bridgehead atoms. The monoisotopic (exact) mass is 201 g/mol. The van der Waals surface area contributed by atoms with Crippen molar-refractivity contribution in [3.8, 4) is 0 Å². The maximum Gasteiger partial charge on any atom is 0.339 e. The molecule has 1 aromatic heterocycles. The maximum atomic E-state index is 11.3. The first-order chi connectivity index (χ1) is 7.22. The molecule has 2 rings (SSSR count). The second-order valence-electron chi connectivity index (χ2n) is 3.36. The number of nitrogens with zero attached hydrogens (tertiary/aromatic N) is 1. The number of carbonyl (C=O) groups is 1. The van der Waals surface area contributed by atoms with Gasteiger partial charge in [0.1, 0.15) is 0 Å². The van der Waals surface area contributed by atoms with Crippen LogP contribution in [-0.2, 0) is 4.74 Å².